The van der Waals surface area contributed by atoms with Crippen LogP contribution in [-0.2, 0) is 16.4 Å². The fraction of sp³-hybridized carbons (Fsp3) is 0.211. The lowest BCUT2D eigenvalue weighted by Crippen LogP contribution is -2.15. The van der Waals surface area contributed by atoms with Crippen LogP contribution in [0.5, 0.6) is 0 Å². The van der Waals surface area contributed by atoms with Crippen molar-refractivity contribution in [2.24, 2.45) is 5.92 Å². The summed E-state index contributed by atoms with van der Waals surface area (Å²) in [5.74, 6) is 0.407. The number of nitrogens with one attached hydrogen (secondary N) is 1. The van der Waals surface area contributed by atoms with Crippen molar-refractivity contribution >= 4 is 42.5 Å². The minimum absolute atomic E-state index is 0.229. The number of aromatic nitrogens is 1. The Bertz CT molecular complexity index is 1000. The Morgan fingerprint density at radius 2 is 1.80 bits per heavy atom. The normalized spacial score (nSPS) is 11.8. The monoisotopic (exact) mass is 418 g/mol. The van der Waals surface area contributed by atoms with E-state index < -0.39 is 10.0 Å². The van der Waals surface area contributed by atoms with E-state index >= 15 is 0 Å². The molecule has 0 aliphatic rings. The minimum Gasteiger partial charge on any atom is -0.279 e. The summed E-state index contributed by atoms with van der Waals surface area (Å²) >= 11 is 3.33. The van der Waals surface area contributed by atoms with E-state index in [1.807, 2.05) is 24.3 Å². The first-order valence-corrected chi connectivity index (χ1v) is 10.3. The molecule has 0 aliphatic heterocycles. The van der Waals surface area contributed by atoms with Crippen LogP contribution >= 0.6 is 15.9 Å². The van der Waals surface area contributed by atoms with Crippen molar-refractivity contribution in [1.82, 2.24) is 4.98 Å². The smallest absolute Gasteiger partial charge is 0.261 e. The Morgan fingerprint density at radius 3 is 2.48 bits per heavy atom. The first kappa shape index (κ1) is 17.9. The summed E-state index contributed by atoms with van der Waals surface area (Å²) in [6.07, 6.45) is 2.49. The largest absolute Gasteiger partial charge is 0.279 e. The molecule has 0 aliphatic carbocycles. The molecule has 0 fully saturated rings. The van der Waals surface area contributed by atoms with Gasteiger partial charge < -0.3 is 0 Å². The van der Waals surface area contributed by atoms with E-state index in [0.29, 0.717) is 11.6 Å². The van der Waals surface area contributed by atoms with Crippen LogP contribution in [0.3, 0.4) is 0 Å². The van der Waals surface area contributed by atoms with Crippen LogP contribution in [0.2, 0.25) is 0 Å². The van der Waals surface area contributed by atoms with Crippen molar-refractivity contribution in [2.75, 3.05) is 4.72 Å². The summed E-state index contributed by atoms with van der Waals surface area (Å²) in [7, 11) is -3.68. The molecule has 1 aromatic heterocycles. The fourth-order valence-corrected chi connectivity index (χ4v) is 4.12. The zero-order valence-electron chi connectivity index (χ0n) is 14.0. The summed E-state index contributed by atoms with van der Waals surface area (Å²) in [5, 5.41) is 0.807. The predicted octanol–water partition coefficient (Wildman–Crippen LogP) is 5.00. The highest BCUT2D eigenvalue weighted by atomic mass is 79.9. The summed E-state index contributed by atoms with van der Waals surface area (Å²) in [5.41, 5.74) is 2.35. The van der Waals surface area contributed by atoms with Gasteiger partial charge in [-0.15, -0.1) is 0 Å². The maximum atomic E-state index is 12.8. The topological polar surface area (TPSA) is 59.1 Å². The molecule has 6 heteroatoms. The molecule has 0 amide bonds. The number of fused-ring (bicyclic) bond motifs is 1. The van der Waals surface area contributed by atoms with Gasteiger partial charge in [0.25, 0.3) is 10.0 Å². The molecule has 1 N–H and O–H groups in total. The maximum absolute atomic E-state index is 12.8. The van der Waals surface area contributed by atoms with Crippen LogP contribution in [0.25, 0.3) is 10.9 Å². The number of hydrogen-bond acceptors (Lipinski definition) is 3. The Labute approximate surface area is 156 Å². The number of benzene rings is 2. The third-order valence-corrected chi connectivity index (χ3v) is 5.75. The van der Waals surface area contributed by atoms with Crippen LogP contribution in [-0.4, -0.2) is 13.4 Å². The summed E-state index contributed by atoms with van der Waals surface area (Å²) < 4.78 is 29.3. The van der Waals surface area contributed by atoms with E-state index in [1.54, 1.807) is 30.5 Å². The van der Waals surface area contributed by atoms with Crippen molar-refractivity contribution in [3.8, 4) is 0 Å². The molecular formula is C19H19BrN2O2S. The zero-order valence-corrected chi connectivity index (χ0v) is 16.4. The molecule has 130 valence electrons. The van der Waals surface area contributed by atoms with Gasteiger partial charge in [-0.3, -0.25) is 9.71 Å². The van der Waals surface area contributed by atoms with E-state index in [0.717, 1.165) is 27.4 Å². The lowest BCUT2D eigenvalue weighted by Gasteiger charge is -2.16. The minimum atomic E-state index is -3.68. The van der Waals surface area contributed by atoms with Crippen molar-refractivity contribution in [3.05, 3.63) is 64.8 Å². The molecule has 3 aromatic rings. The van der Waals surface area contributed by atoms with Gasteiger partial charge in [0, 0.05) is 16.1 Å². The van der Waals surface area contributed by atoms with Gasteiger partial charge in [-0.1, -0.05) is 35.8 Å². The molecule has 1 heterocycles. The summed E-state index contributed by atoms with van der Waals surface area (Å²) in [6.45, 7) is 4.22. The molecule has 3 rings (SSSR count). The van der Waals surface area contributed by atoms with Crippen LogP contribution < -0.4 is 4.72 Å². The van der Waals surface area contributed by atoms with Crippen LogP contribution in [0, 0.1) is 5.92 Å². The number of sulfonamides is 1. The summed E-state index contributed by atoms with van der Waals surface area (Å²) in [6, 6.07) is 14.2. The van der Waals surface area contributed by atoms with Gasteiger partial charge in [0.2, 0.25) is 0 Å². The van der Waals surface area contributed by atoms with Crippen molar-refractivity contribution in [3.63, 3.8) is 0 Å². The number of hydrogen-bond donors (Lipinski definition) is 1. The lowest BCUT2D eigenvalue weighted by molar-refractivity contribution is 0.601. The number of halogens is 1. The number of pyridine rings is 1. The first-order chi connectivity index (χ1) is 11.9. The maximum Gasteiger partial charge on any atom is 0.261 e. The average Bonchev–Trinajstić information content (AvgIpc) is 2.57. The molecule has 0 atom stereocenters. The third-order valence-electron chi connectivity index (χ3n) is 3.86. The molecular weight excluding hydrogens is 400 g/mol. The van der Waals surface area contributed by atoms with Crippen molar-refractivity contribution < 1.29 is 8.42 Å². The molecule has 0 saturated heterocycles. The summed E-state index contributed by atoms with van der Waals surface area (Å²) in [4.78, 5) is 4.56. The van der Waals surface area contributed by atoms with Gasteiger partial charge in [-0.25, -0.2) is 8.42 Å². The van der Waals surface area contributed by atoms with Gasteiger partial charge in [0.1, 0.15) is 0 Å². The third kappa shape index (κ3) is 4.02. The molecule has 2 aromatic carbocycles. The Hall–Kier alpha value is -1.92. The molecule has 4 nitrogen and oxygen atoms in total. The highest BCUT2D eigenvalue weighted by Crippen LogP contribution is 2.30. The number of anilines is 1. The average molecular weight is 419 g/mol. The SMILES string of the molecule is CC(C)Cc1ccc2ncccc2c1NS(=O)(=O)c1ccc(Br)cc1. The van der Waals surface area contributed by atoms with Gasteiger partial charge in [0.15, 0.2) is 0 Å². The second kappa shape index (κ2) is 7.14. The van der Waals surface area contributed by atoms with E-state index in [9.17, 15) is 8.42 Å². The zero-order chi connectivity index (χ0) is 18.0. The number of rotatable bonds is 5. The molecule has 0 spiro atoms. The van der Waals surface area contributed by atoms with Crippen molar-refractivity contribution in [2.45, 2.75) is 25.2 Å². The van der Waals surface area contributed by atoms with Gasteiger partial charge >= 0.3 is 0 Å². The van der Waals surface area contributed by atoms with Crippen LogP contribution in [0.4, 0.5) is 5.69 Å². The Balaban J connectivity index is 2.11. The van der Waals surface area contributed by atoms with Crippen LogP contribution in [0.15, 0.2) is 64.1 Å². The highest BCUT2D eigenvalue weighted by Gasteiger charge is 2.18. The second-order valence-corrected chi connectivity index (χ2v) is 8.93. The molecule has 0 saturated carbocycles. The lowest BCUT2D eigenvalue weighted by atomic mass is 9.99. The molecule has 0 bridgehead atoms. The van der Waals surface area contributed by atoms with E-state index in [1.165, 1.54) is 0 Å². The highest BCUT2D eigenvalue weighted by molar-refractivity contribution is 9.10. The van der Waals surface area contributed by atoms with Gasteiger partial charge in [0.05, 0.1) is 16.1 Å². The molecule has 0 radical (unpaired) electrons. The van der Waals surface area contributed by atoms with Crippen LogP contribution in [0.1, 0.15) is 19.4 Å². The fourth-order valence-electron chi connectivity index (χ4n) is 2.74. The molecule has 25 heavy (non-hydrogen) atoms. The van der Waals surface area contributed by atoms with Gasteiger partial charge in [-0.2, -0.15) is 0 Å². The quantitative estimate of drug-likeness (QED) is 0.634. The van der Waals surface area contributed by atoms with Crippen molar-refractivity contribution in [1.29, 1.82) is 0 Å². The standard InChI is InChI=1S/C19H19BrN2O2S/c1-13(2)12-14-5-10-18-17(4-3-11-21-18)19(14)22-25(23,24)16-8-6-15(20)7-9-16/h3-11,13,22H,12H2,1-2H3. The van der Waals surface area contributed by atoms with E-state index in [2.05, 4.69) is 39.5 Å². The van der Waals surface area contributed by atoms with E-state index in [-0.39, 0.29) is 4.90 Å². The predicted molar refractivity (Wildman–Crippen MR) is 105 cm³/mol. The Kier molecular flexibility index (Phi) is 5.11. The number of nitrogens with zero attached hydrogens (tertiary/aromatic N) is 1. The molecule has 0 unspecified atom stereocenters. The van der Waals surface area contributed by atoms with E-state index in [4.69, 9.17) is 0 Å². The van der Waals surface area contributed by atoms with Gasteiger partial charge in [-0.05, 0) is 60.4 Å². The Morgan fingerprint density at radius 1 is 1.08 bits per heavy atom. The first-order valence-electron chi connectivity index (χ1n) is 8.02. The second-order valence-electron chi connectivity index (χ2n) is 6.33.